The minimum absolute atomic E-state index is 0.174. The van der Waals surface area contributed by atoms with Crippen LogP contribution in [0.4, 0.5) is 10.6 Å². The number of carbonyl (C=O) groups excluding carboxylic acids is 1. The van der Waals surface area contributed by atoms with Gasteiger partial charge in [-0.05, 0) is 45.7 Å². The van der Waals surface area contributed by atoms with Crippen molar-refractivity contribution < 1.29 is 9.90 Å². The van der Waals surface area contributed by atoms with Crippen molar-refractivity contribution in [2.45, 2.75) is 45.8 Å². The van der Waals surface area contributed by atoms with Crippen LogP contribution in [0.3, 0.4) is 0 Å². The molecule has 0 bridgehead atoms. The van der Waals surface area contributed by atoms with E-state index >= 15 is 0 Å². The molecule has 1 aromatic rings. The lowest BCUT2D eigenvalue weighted by Gasteiger charge is -2.31. The van der Waals surface area contributed by atoms with Crippen molar-refractivity contribution in [1.29, 1.82) is 0 Å². The van der Waals surface area contributed by atoms with E-state index in [1.165, 1.54) is 12.8 Å². The van der Waals surface area contributed by atoms with Crippen LogP contribution in [-0.4, -0.2) is 58.1 Å². The summed E-state index contributed by atoms with van der Waals surface area (Å²) >= 11 is 0. The van der Waals surface area contributed by atoms with Gasteiger partial charge in [0.15, 0.2) is 0 Å². The third-order valence-corrected chi connectivity index (χ3v) is 4.24. The molecule has 1 aliphatic heterocycles. The zero-order chi connectivity index (χ0) is 16.8. The standard InChI is InChI=1S/C16H29N5O2/c1-12(2)21-15(4-7-18-21)19-16(23)17-10-14(22)11-20-8-5-13(3)6-9-20/h4,7,12-14,22H,5-6,8-11H2,1-3H3,(H2,17,19,23). The van der Waals surface area contributed by atoms with Crippen LogP contribution in [0.25, 0.3) is 0 Å². The zero-order valence-corrected chi connectivity index (χ0v) is 14.3. The van der Waals surface area contributed by atoms with Gasteiger partial charge in [-0.2, -0.15) is 5.10 Å². The third kappa shape index (κ3) is 5.51. The molecule has 0 spiro atoms. The van der Waals surface area contributed by atoms with Crippen molar-refractivity contribution in [2.24, 2.45) is 5.92 Å². The van der Waals surface area contributed by atoms with E-state index < -0.39 is 6.10 Å². The molecule has 1 saturated heterocycles. The zero-order valence-electron chi connectivity index (χ0n) is 14.3. The molecule has 0 aromatic carbocycles. The molecule has 0 aliphatic carbocycles. The highest BCUT2D eigenvalue weighted by Gasteiger charge is 2.18. The number of urea groups is 1. The number of carbonyl (C=O) groups is 1. The molecule has 1 fully saturated rings. The predicted octanol–water partition coefficient (Wildman–Crippen LogP) is 1.68. The topological polar surface area (TPSA) is 82.4 Å². The number of hydrogen-bond acceptors (Lipinski definition) is 4. The molecule has 2 rings (SSSR count). The van der Waals surface area contributed by atoms with Gasteiger partial charge in [-0.3, -0.25) is 5.32 Å². The summed E-state index contributed by atoms with van der Waals surface area (Å²) in [5.74, 6) is 1.43. The SMILES string of the molecule is CC1CCN(CC(O)CNC(=O)Nc2ccnn2C(C)C)CC1. The first-order valence-electron chi connectivity index (χ1n) is 8.44. The van der Waals surface area contributed by atoms with Crippen molar-refractivity contribution >= 4 is 11.8 Å². The Balaban J connectivity index is 1.70. The average Bonchev–Trinajstić information content (AvgIpc) is 2.96. The highest BCUT2D eigenvalue weighted by atomic mass is 16.3. The Labute approximate surface area is 138 Å². The molecule has 1 unspecified atom stereocenters. The Kier molecular flexibility index (Phi) is 6.41. The molecule has 1 aliphatic rings. The molecular formula is C16H29N5O2. The van der Waals surface area contributed by atoms with Crippen molar-refractivity contribution in [3.8, 4) is 0 Å². The summed E-state index contributed by atoms with van der Waals surface area (Å²) < 4.78 is 1.74. The summed E-state index contributed by atoms with van der Waals surface area (Å²) in [6.07, 6.45) is 3.46. The molecule has 2 heterocycles. The van der Waals surface area contributed by atoms with E-state index in [1.807, 2.05) is 13.8 Å². The summed E-state index contributed by atoms with van der Waals surface area (Å²) in [5.41, 5.74) is 0. The van der Waals surface area contributed by atoms with Gasteiger partial charge < -0.3 is 15.3 Å². The molecule has 0 radical (unpaired) electrons. The lowest BCUT2D eigenvalue weighted by Crippen LogP contribution is -2.43. The van der Waals surface area contributed by atoms with Gasteiger partial charge in [0.2, 0.25) is 0 Å². The smallest absolute Gasteiger partial charge is 0.320 e. The van der Waals surface area contributed by atoms with Crippen LogP contribution in [0.1, 0.15) is 39.7 Å². The van der Waals surface area contributed by atoms with E-state index in [0.717, 1.165) is 19.0 Å². The molecule has 7 heteroatoms. The van der Waals surface area contributed by atoms with Gasteiger partial charge in [0.25, 0.3) is 0 Å². The number of nitrogens with one attached hydrogen (secondary N) is 2. The number of aliphatic hydroxyl groups excluding tert-OH is 1. The van der Waals surface area contributed by atoms with Crippen LogP contribution in [0.2, 0.25) is 0 Å². The second kappa shape index (κ2) is 8.31. The second-order valence-corrected chi connectivity index (χ2v) is 6.73. The summed E-state index contributed by atoms with van der Waals surface area (Å²) in [5, 5.41) is 19.7. The van der Waals surface area contributed by atoms with E-state index in [9.17, 15) is 9.90 Å². The normalized spacial score (nSPS) is 18.1. The van der Waals surface area contributed by atoms with Gasteiger partial charge in [0, 0.05) is 25.2 Å². The van der Waals surface area contributed by atoms with E-state index in [1.54, 1.807) is 16.9 Å². The highest BCUT2D eigenvalue weighted by molar-refractivity contribution is 5.88. The molecule has 23 heavy (non-hydrogen) atoms. The number of β-amino-alcohol motifs (C(OH)–C–C–N with tert-alkyl or cyclic N) is 1. The van der Waals surface area contributed by atoms with Gasteiger partial charge in [-0.25, -0.2) is 9.48 Å². The summed E-state index contributed by atoms with van der Waals surface area (Å²) in [4.78, 5) is 14.2. The van der Waals surface area contributed by atoms with Crippen molar-refractivity contribution in [3.63, 3.8) is 0 Å². The van der Waals surface area contributed by atoms with Gasteiger partial charge in [0.05, 0.1) is 12.3 Å². The summed E-state index contributed by atoms with van der Waals surface area (Å²) in [6.45, 7) is 9.17. The lowest BCUT2D eigenvalue weighted by molar-refractivity contribution is 0.0924. The number of amides is 2. The largest absolute Gasteiger partial charge is 0.390 e. The van der Waals surface area contributed by atoms with E-state index in [4.69, 9.17) is 0 Å². The number of anilines is 1. The Hall–Kier alpha value is -1.60. The number of nitrogens with zero attached hydrogens (tertiary/aromatic N) is 3. The second-order valence-electron chi connectivity index (χ2n) is 6.73. The molecule has 130 valence electrons. The fourth-order valence-electron chi connectivity index (χ4n) is 2.80. The Bertz CT molecular complexity index is 494. The number of piperidine rings is 1. The van der Waals surface area contributed by atoms with Crippen LogP contribution in [-0.2, 0) is 0 Å². The fourth-order valence-corrected chi connectivity index (χ4v) is 2.80. The first-order valence-corrected chi connectivity index (χ1v) is 8.44. The molecule has 7 nitrogen and oxygen atoms in total. The van der Waals surface area contributed by atoms with Gasteiger partial charge in [-0.15, -0.1) is 0 Å². The molecule has 3 N–H and O–H groups in total. The monoisotopic (exact) mass is 323 g/mol. The van der Waals surface area contributed by atoms with E-state index in [2.05, 4.69) is 27.6 Å². The Morgan fingerprint density at radius 1 is 1.43 bits per heavy atom. The minimum Gasteiger partial charge on any atom is -0.390 e. The van der Waals surface area contributed by atoms with Crippen LogP contribution in [0, 0.1) is 5.92 Å². The number of likely N-dealkylation sites (tertiary alicyclic amines) is 1. The van der Waals surface area contributed by atoms with Gasteiger partial charge >= 0.3 is 6.03 Å². The highest BCUT2D eigenvalue weighted by Crippen LogP contribution is 2.16. The lowest BCUT2D eigenvalue weighted by atomic mass is 9.99. The third-order valence-electron chi connectivity index (χ3n) is 4.24. The summed E-state index contributed by atoms with van der Waals surface area (Å²) in [6, 6.07) is 1.61. The molecule has 0 saturated carbocycles. The van der Waals surface area contributed by atoms with Crippen molar-refractivity contribution in [1.82, 2.24) is 20.0 Å². The van der Waals surface area contributed by atoms with Crippen molar-refractivity contribution in [2.75, 3.05) is 31.5 Å². The average molecular weight is 323 g/mol. The maximum Gasteiger partial charge on any atom is 0.320 e. The maximum absolute atomic E-state index is 11.9. The first-order chi connectivity index (χ1) is 11.0. The molecular weight excluding hydrogens is 294 g/mol. The molecule has 2 amide bonds. The molecule has 1 atom stereocenters. The number of aromatic nitrogens is 2. The summed E-state index contributed by atoms with van der Waals surface area (Å²) in [7, 11) is 0. The maximum atomic E-state index is 11.9. The van der Waals surface area contributed by atoms with Crippen LogP contribution < -0.4 is 10.6 Å². The van der Waals surface area contributed by atoms with Crippen LogP contribution in [0.15, 0.2) is 12.3 Å². The Morgan fingerprint density at radius 2 is 2.13 bits per heavy atom. The van der Waals surface area contributed by atoms with Gasteiger partial charge in [0.1, 0.15) is 5.82 Å². The number of hydrogen-bond donors (Lipinski definition) is 3. The Morgan fingerprint density at radius 3 is 2.78 bits per heavy atom. The van der Waals surface area contributed by atoms with Crippen LogP contribution in [0.5, 0.6) is 0 Å². The van der Waals surface area contributed by atoms with Crippen molar-refractivity contribution in [3.05, 3.63) is 12.3 Å². The number of rotatable bonds is 6. The quantitative estimate of drug-likeness (QED) is 0.744. The fraction of sp³-hybridized carbons (Fsp3) is 0.750. The van der Waals surface area contributed by atoms with Crippen LogP contribution >= 0.6 is 0 Å². The van der Waals surface area contributed by atoms with E-state index in [-0.39, 0.29) is 18.6 Å². The minimum atomic E-state index is -0.552. The van der Waals surface area contributed by atoms with Gasteiger partial charge in [-0.1, -0.05) is 6.92 Å². The van der Waals surface area contributed by atoms with E-state index in [0.29, 0.717) is 12.4 Å². The first kappa shape index (κ1) is 17.7. The molecule has 1 aromatic heterocycles. The predicted molar refractivity (Wildman–Crippen MR) is 90.5 cm³/mol. The number of aliphatic hydroxyl groups is 1.